The van der Waals surface area contributed by atoms with Gasteiger partial charge in [-0.2, -0.15) is 4.98 Å². The molecule has 8 heteroatoms. The topological polar surface area (TPSA) is 93.4 Å². The van der Waals surface area contributed by atoms with Gasteiger partial charge < -0.3 is 9.42 Å². The van der Waals surface area contributed by atoms with E-state index in [4.69, 9.17) is 4.52 Å². The Labute approximate surface area is 123 Å². The first-order valence-corrected chi connectivity index (χ1v) is 9.06. The van der Waals surface area contributed by atoms with Crippen LogP contribution in [0.1, 0.15) is 36.9 Å². The molecule has 2 aliphatic rings. The van der Waals surface area contributed by atoms with E-state index in [-0.39, 0.29) is 29.2 Å². The average molecular weight is 313 g/mol. The second kappa shape index (κ2) is 5.40. The molecule has 0 spiro atoms. The van der Waals surface area contributed by atoms with E-state index in [1.807, 2.05) is 0 Å². The minimum atomic E-state index is -3.03. The largest absolute Gasteiger partial charge is 0.342 e. The van der Waals surface area contributed by atoms with E-state index >= 15 is 0 Å². The zero-order chi connectivity index (χ0) is 15.0. The molecule has 21 heavy (non-hydrogen) atoms. The third-order valence-corrected chi connectivity index (χ3v) is 5.98. The fourth-order valence-electron chi connectivity index (χ4n) is 3.11. The molecule has 7 nitrogen and oxygen atoms in total. The van der Waals surface area contributed by atoms with Crippen LogP contribution in [0.4, 0.5) is 0 Å². The smallest absolute Gasteiger partial charge is 0.231 e. The number of amides is 1. The first kappa shape index (κ1) is 14.5. The van der Waals surface area contributed by atoms with E-state index in [0.717, 1.165) is 12.8 Å². The molecule has 116 valence electrons. The number of carbonyl (C=O) groups is 1. The van der Waals surface area contributed by atoms with Crippen LogP contribution in [0.3, 0.4) is 0 Å². The maximum atomic E-state index is 12.5. The monoisotopic (exact) mass is 313 g/mol. The summed E-state index contributed by atoms with van der Waals surface area (Å²) in [6.07, 6.45) is 2.23. The Bertz CT molecular complexity index is 640. The lowest BCUT2D eigenvalue weighted by molar-refractivity contribution is -0.136. The quantitative estimate of drug-likeness (QED) is 0.790. The summed E-state index contributed by atoms with van der Waals surface area (Å²) >= 11 is 0. The van der Waals surface area contributed by atoms with Crippen molar-refractivity contribution in [2.45, 2.75) is 32.1 Å². The van der Waals surface area contributed by atoms with Crippen LogP contribution in [0.5, 0.6) is 0 Å². The number of hydrogen-bond donors (Lipinski definition) is 0. The summed E-state index contributed by atoms with van der Waals surface area (Å²) < 4.78 is 28.2. The fraction of sp³-hybridized carbons (Fsp3) is 0.769. The van der Waals surface area contributed by atoms with E-state index in [1.54, 1.807) is 11.8 Å². The van der Waals surface area contributed by atoms with Crippen molar-refractivity contribution in [2.24, 2.45) is 5.92 Å². The third-order valence-electron chi connectivity index (χ3n) is 4.21. The highest BCUT2D eigenvalue weighted by atomic mass is 32.2. The Morgan fingerprint density at radius 1 is 1.38 bits per heavy atom. The van der Waals surface area contributed by atoms with Crippen LogP contribution in [-0.2, 0) is 14.6 Å². The maximum Gasteiger partial charge on any atom is 0.231 e. The molecule has 3 heterocycles. The number of carbonyl (C=O) groups excluding carboxylic acids is 1. The summed E-state index contributed by atoms with van der Waals surface area (Å²) in [5.74, 6) is 0.924. The van der Waals surface area contributed by atoms with E-state index in [9.17, 15) is 13.2 Å². The van der Waals surface area contributed by atoms with E-state index in [1.165, 1.54) is 0 Å². The predicted octanol–water partition coefficient (Wildman–Crippen LogP) is 0.519. The molecule has 2 unspecified atom stereocenters. The van der Waals surface area contributed by atoms with Gasteiger partial charge in [-0.3, -0.25) is 4.79 Å². The number of sulfone groups is 1. The number of piperidine rings is 1. The van der Waals surface area contributed by atoms with Gasteiger partial charge >= 0.3 is 0 Å². The van der Waals surface area contributed by atoms with Crippen molar-refractivity contribution in [3.63, 3.8) is 0 Å². The highest BCUT2D eigenvalue weighted by Gasteiger charge is 2.37. The van der Waals surface area contributed by atoms with Crippen LogP contribution >= 0.6 is 0 Å². The molecule has 2 fully saturated rings. The summed E-state index contributed by atoms with van der Waals surface area (Å²) in [5.41, 5.74) is 0. The van der Waals surface area contributed by atoms with Crippen LogP contribution < -0.4 is 0 Å². The van der Waals surface area contributed by atoms with Gasteiger partial charge in [0.1, 0.15) is 0 Å². The van der Waals surface area contributed by atoms with Crippen molar-refractivity contribution in [1.29, 1.82) is 0 Å². The second-order valence-electron chi connectivity index (χ2n) is 5.90. The van der Waals surface area contributed by atoms with Crippen LogP contribution in [0.25, 0.3) is 0 Å². The Kier molecular flexibility index (Phi) is 3.73. The standard InChI is InChI=1S/C13H19N3O4S/c1-9-14-12(20-15-9)10-3-2-5-16(7-10)13(17)11-4-6-21(18,19)8-11/h10-11H,2-8H2,1H3. The van der Waals surface area contributed by atoms with Crippen molar-refractivity contribution in [1.82, 2.24) is 15.0 Å². The number of hydrogen-bond acceptors (Lipinski definition) is 6. The number of aromatic nitrogens is 2. The molecule has 1 aromatic heterocycles. The van der Waals surface area contributed by atoms with Crippen molar-refractivity contribution < 1.29 is 17.7 Å². The molecule has 3 rings (SSSR count). The molecule has 0 N–H and O–H groups in total. The van der Waals surface area contributed by atoms with Crippen molar-refractivity contribution in [2.75, 3.05) is 24.6 Å². The Balaban J connectivity index is 1.67. The van der Waals surface area contributed by atoms with Gasteiger partial charge in [-0.1, -0.05) is 5.16 Å². The summed E-state index contributed by atoms with van der Waals surface area (Å²) in [6, 6.07) is 0. The van der Waals surface area contributed by atoms with Crippen molar-refractivity contribution in [3.05, 3.63) is 11.7 Å². The van der Waals surface area contributed by atoms with E-state index < -0.39 is 9.84 Å². The lowest BCUT2D eigenvalue weighted by atomic mass is 9.96. The number of likely N-dealkylation sites (tertiary alicyclic amines) is 1. The zero-order valence-electron chi connectivity index (χ0n) is 12.0. The van der Waals surface area contributed by atoms with Gasteiger partial charge in [0.2, 0.25) is 11.8 Å². The normalized spacial score (nSPS) is 28.7. The molecule has 1 aromatic rings. The minimum Gasteiger partial charge on any atom is -0.342 e. The molecular formula is C13H19N3O4S. The molecule has 0 aromatic carbocycles. The first-order valence-electron chi connectivity index (χ1n) is 7.24. The molecule has 0 radical (unpaired) electrons. The van der Waals surface area contributed by atoms with Gasteiger partial charge in [-0.25, -0.2) is 8.42 Å². The molecule has 1 amide bonds. The summed E-state index contributed by atoms with van der Waals surface area (Å²) in [5, 5.41) is 3.79. The van der Waals surface area contributed by atoms with Crippen LogP contribution in [0, 0.1) is 12.8 Å². The molecule has 0 bridgehead atoms. The molecule has 2 aliphatic heterocycles. The number of nitrogens with zero attached hydrogens (tertiary/aromatic N) is 3. The lowest BCUT2D eigenvalue weighted by Crippen LogP contribution is -2.42. The molecule has 0 saturated carbocycles. The van der Waals surface area contributed by atoms with Crippen LogP contribution in [-0.4, -0.2) is 54.0 Å². The fourth-order valence-corrected chi connectivity index (χ4v) is 4.84. The average Bonchev–Trinajstić information content (AvgIpc) is 3.04. The summed E-state index contributed by atoms with van der Waals surface area (Å²) in [7, 11) is -3.03. The number of rotatable bonds is 2. The molecule has 2 atom stereocenters. The Morgan fingerprint density at radius 2 is 2.19 bits per heavy atom. The van der Waals surface area contributed by atoms with Crippen LogP contribution in [0.2, 0.25) is 0 Å². The summed E-state index contributed by atoms with van der Waals surface area (Å²) in [4.78, 5) is 18.5. The molecule has 2 saturated heterocycles. The van der Waals surface area contributed by atoms with Gasteiger partial charge in [0.05, 0.1) is 23.3 Å². The van der Waals surface area contributed by atoms with Crippen molar-refractivity contribution >= 4 is 15.7 Å². The Morgan fingerprint density at radius 3 is 2.81 bits per heavy atom. The van der Waals surface area contributed by atoms with Crippen molar-refractivity contribution in [3.8, 4) is 0 Å². The maximum absolute atomic E-state index is 12.5. The predicted molar refractivity (Wildman–Crippen MR) is 74.4 cm³/mol. The third kappa shape index (κ3) is 3.09. The SMILES string of the molecule is Cc1noc(C2CCCN(C(=O)C3CCS(=O)(=O)C3)C2)n1. The van der Waals surface area contributed by atoms with Gasteiger partial charge in [-0.15, -0.1) is 0 Å². The van der Waals surface area contributed by atoms with Gasteiger partial charge in [0, 0.05) is 13.1 Å². The highest BCUT2D eigenvalue weighted by molar-refractivity contribution is 7.91. The summed E-state index contributed by atoms with van der Waals surface area (Å²) in [6.45, 7) is 2.98. The highest BCUT2D eigenvalue weighted by Crippen LogP contribution is 2.28. The van der Waals surface area contributed by atoms with Gasteiger partial charge in [0.15, 0.2) is 15.7 Å². The Hall–Kier alpha value is -1.44. The second-order valence-corrected chi connectivity index (χ2v) is 8.13. The lowest BCUT2D eigenvalue weighted by Gasteiger charge is -2.32. The van der Waals surface area contributed by atoms with Gasteiger partial charge in [0.25, 0.3) is 0 Å². The molecular weight excluding hydrogens is 294 g/mol. The van der Waals surface area contributed by atoms with E-state index in [2.05, 4.69) is 10.1 Å². The number of aryl methyl sites for hydroxylation is 1. The zero-order valence-corrected chi connectivity index (χ0v) is 12.8. The van der Waals surface area contributed by atoms with Gasteiger partial charge in [-0.05, 0) is 26.2 Å². The van der Waals surface area contributed by atoms with Crippen LogP contribution in [0.15, 0.2) is 4.52 Å². The van der Waals surface area contributed by atoms with E-state index in [0.29, 0.717) is 31.2 Å². The first-order chi connectivity index (χ1) is 9.94. The minimum absolute atomic E-state index is 0.00728. The molecule has 0 aliphatic carbocycles.